The Morgan fingerprint density at radius 3 is 2.24 bits per heavy atom. The number of halogens is 2. The minimum atomic E-state index is 0.617. The van der Waals surface area contributed by atoms with Crippen molar-refractivity contribution >= 4 is 39.8 Å². The molecule has 3 aromatic rings. The molecule has 0 fully saturated rings. The summed E-state index contributed by atoms with van der Waals surface area (Å²) in [6.45, 7) is 6.90. The molecular weight excluding hydrogens is 407 g/mol. The predicted octanol–water partition coefficient (Wildman–Crippen LogP) is 5.92. The van der Waals surface area contributed by atoms with Gasteiger partial charge in [-0.1, -0.05) is 41.4 Å². The van der Waals surface area contributed by atoms with E-state index < -0.39 is 0 Å². The summed E-state index contributed by atoms with van der Waals surface area (Å²) in [5.74, 6) is 0. The second kappa shape index (κ2) is 9.77. The highest BCUT2D eigenvalue weighted by atomic mass is 35.5. The van der Waals surface area contributed by atoms with Gasteiger partial charge in [0.05, 0.1) is 18.7 Å². The van der Waals surface area contributed by atoms with Gasteiger partial charge in [-0.25, -0.2) is 0 Å². The normalized spacial score (nSPS) is 11.2. The van der Waals surface area contributed by atoms with Crippen molar-refractivity contribution in [2.45, 2.75) is 13.8 Å². The smallest absolute Gasteiger partial charge is 0.0807 e. The van der Waals surface area contributed by atoms with E-state index in [1.807, 2.05) is 19.1 Å². The topological polar surface area (TPSA) is 34.6 Å². The van der Waals surface area contributed by atoms with E-state index in [0.717, 1.165) is 52.1 Å². The Kier molecular flexibility index (Phi) is 7.36. The molecule has 0 aliphatic heterocycles. The third-order valence-electron chi connectivity index (χ3n) is 4.97. The highest BCUT2D eigenvalue weighted by molar-refractivity contribution is 6.36. The molecule has 1 heterocycles. The van der Waals surface area contributed by atoms with Gasteiger partial charge in [-0.3, -0.25) is 4.98 Å². The average Bonchev–Trinajstić information content (AvgIpc) is 2.68. The number of anilines is 1. The lowest BCUT2D eigenvalue weighted by Crippen LogP contribution is -2.31. The van der Waals surface area contributed by atoms with Gasteiger partial charge in [0.1, 0.15) is 0 Å². The molecule has 0 aliphatic carbocycles. The summed E-state index contributed by atoms with van der Waals surface area (Å²) in [6.07, 6.45) is 0. The molecular formula is C23H26Cl2N2O2. The number of hydrogen-bond donors (Lipinski definition) is 0. The third kappa shape index (κ3) is 4.84. The molecule has 0 spiro atoms. The van der Waals surface area contributed by atoms with Gasteiger partial charge < -0.3 is 14.4 Å². The summed E-state index contributed by atoms with van der Waals surface area (Å²) in [5.41, 5.74) is 6.09. The lowest BCUT2D eigenvalue weighted by molar-refractivity contribution is 0.190. The zero-order valence-electron chi connectivity index (χ0n) is 17.3. The lowest BCUT2D eigenvalue weighted by atomic mass is 9.96. The van der Waals surface area contributed by atoms with Crippen LogP contribution in [0.5, 0.6) is 0 Å². The first kappa shape index (κ1) is 21.8. The predicted molar refractivity (Wildman–Crippen MR) is 123 cm³/mol. The summed E-state index contributed by atoms with van der Waals surface area (Å²) in [4.78, 5) is 7.18. The van der Waals surface area contributed by atoms with E-state index in [2.05, 4.69) is 30.0 Å². The Morgan fingerprint density at radius 2 is 1.62 bits per heavy atom. The van der Waals surface area contributed by atoms with Gasteiger partial charge in [-0.15, -0.1) is 0 Å². The molecule has 154 valence electrons. The molecule has 0 aliphatic rings. The quantitative estimate of drug-likeness (QED) is 0.441. The van der Waals surface area contributed by atoms with Crippen molar-refractivity contribution in [3.8, 4) is 11.1 Å². The molecule has 0 N–H and O–H groups in total. The fraction of sp³-hybridized carbons (Fsp3) is 0.348. The van der Waals surface area contributed by atoms with E-state index in [0.29, 0.717) is 23.3 Å². The van der Waals surface area contributed by atoms with Crippen LogP contribution in [0.1, 0.15) is 11.3 Å². The number of methoxy groups -OCH3 is 2. The number of aromatic nitrogens is 1. The number of aryl methyl sites for hydroxylation is 2. The summed E-state index contributed by atoms with van der Waals surface area (Å²) in [5, 5.41) is 2.31. The van der Waals surface area contributed by atoms with Gasteiger partial charge in [0.25, 0.3) is 0 Å². The maximum Gasteiger partial charge on any atom is 0.0807 e. The van der Waals surface area contributed by atoms with Gasteiger partial charge in [0.2, 0.25) is 0 Å². The van der Waals surface area contributed by atoms with Gasteiger partial charge >= 0.3 is 0 Å². The Hall–Kier alpha value is -1.85. The fourth-order valence-electron chi connectivity index (χ4n) is 3.55. The van der Waals surface area contributed by atoms with Crippen LogP contribution in [-0.2, 0) is 9.47 Å². The molecule has 6 heteroatoms. The van der Waals surface area contributed by atoms with Gasteiger partial charge in [-0.05, 0) is 37.6 Å². The van der Waals surface area contributed by atoms with E-state index in [1.54, 1.807) is 20.3 Å². The van der Waals surface area contributed by atoms with Crippen molar-refractivity contribution in [2.24, 2.45) is 0 Å². The zero-order valence-corrected chi connectivity index (χ0v) is 18.8. The summed E-state index contributed by atoms with van der Waals surface area (Å²) >= 11 is 12.7. The van der Waals surface area contributed by atoms with Crippen molar-refractivity contribution < 1.29 is 9.47 Å². The fourth-order valence-corrected chi connectivity index (χ4v) is 4.05. The molecule has 29 heavy (non-hydrogen) atoms. The Morgan fingerprint density at radius 1 is 0.931 bits per heavy atom. The van der Waals surface area contributed by atoms with Crippen LogP contribution in [0.25, 0.3) is 22.0 Å². The van der Waals surface area contributed by atoms with Crippen LogP contribution in [-0.4, -0.2) is 45.5 Å². The molecule has 0 amide bonds. The van der Waals surface area contributed by atoms with Crippen molar-refractivity contribution in [3.05, 3.63) is 57.7 Å². The van der Waals surface area contributed by atoms with Crippen LogP contribution in [0.4, 0.5) is 5.69 Å². The second-order valence-electron chi connectivity index (χ2n) is 7.03. The molecule has 2 aromatic carbocycles. The van der Waals surface area contributed by atoms with Crippen molar-refractivity contribution in [2.75, 3.05) is 45.4 Å². The van der Waals surface area contributed by atoms with E-state index in [9.17, 15) is 0 Å². The highest BCUT2D eigenvalue weighted by Gasteiger charge is 2.18. The van der Waals surface area contributed by atoms with E-state index in [-0.39, 0.29) is 0 Å². The molecule has 0 saturated heterocycles. The van der Waals surface area contributed by atoms with Crippen molar-refractivity contribution in [1.82, 2.24) is 4.98 Å². The van der Waals surface area contributed by atoms with E-state index in [1.165, 1.54) is 0 Å². The third-order valence-corrected chi connectivity index (χ3v) is 5.52. The summed E-state index contributed by atoms with van der Waals surface area (Å²) in [6, 6.07) is 12.0. The minimum absolute atomic E-state index is 0.617. The van der Waals surface area contributed by atoms with Crippen LogP contribution < -0.4 is 4.90 Å². The minimum Gasteiger partial charge on any atom is -0.383 e. The SMILES string of the molecule is COCCN(CCOC)c1cc(C)nc2c(-c3ccc(Cl)cc3Cl)c(C)ccc12. The Balaban J connectivity index is 2.24. The number of rotatable bonds is 8. The number of hydrogen-bond acceptors (Lipinski definition) is 4. The second-order valence-corrected chi connectivity index (χ2v) is 7.88. The Labute approximate surface area is 182 Å². The standard InChI is InChI=1S/C23H26Cl2N2O2/c1-15-5-7-19-21(27(9-11-28-3)10-12-29-4)13-16(2)26-23(19)22(15)18-8-6-17(24)14-20(18)25/h5-8,13-14H,9-12H2,1-4H3. The molecule has 0 atom stereocenters. The Bertz CT molecular complexity index is 1000. The van der Waals surface area contributed by atoms with Gasteiger partial charge in [-0.2, -0.15) is 0 Å². The van der Waals surface area contributed by atoms with Crippen LogP contribution in [0, 0.1) is 13.8 Å². The monoisotopic (exact) mass is 432 g/mol. The lowest BCUT2D eigenvalue weighted by Gasteiger charge is -2.27. The first-order valence-electron chi connectivity index (χ1n) is 9.55. The van der Waals surface area contributed by atoms with Gasteiger partial charge in [0, 0.05) is 65.2 Å². The average molecular weight is 433 g/mol. The molecule has 0 radical (unpaired) electrons. The first-order valence-corrected chi connectivity index (χ1v) is 10.3. The molecule has 3 rings (SSSR count). The van der Waals surface area contributed by atoms with Gasteiger partial charge in [0.15, 0.2) is 0 Å². The molecule has 1 aromatic heterocycles. The number of ether oxygens (including phenoxy) is 2. The van der Waals surface area contributed by atoms with Crippen LogP contribution in [0.2, 0.25) is 10.0 Å². The molecule has 0 bridgehead atoms. The number of benzene rings is 2. The molecule has 4 nitrogen and oxygen atoms in total. The zero-order chi connectivity index (χ0) is 21.0. The highest BCUT2D eigenvalue weighted by Crippen LogP contribution is 2.39. The summed E-state index contributed by atoms with van der Waals surface area (Å²) in [7, 11) is 3.43. The summed E-state index contributed by atoms with van der Waals surface area (Å²) < 4.78 is 10.7. The van der Waals surface area contributed by atoms with E-state index in [4.69, 9.17) is 37.7 Å². The van der Waals surface area contributed by atoms with Crippen LogP contribution in [0.15, 0.2) is 36.4 Å². The number of nitrogens with zero attached hydrogens (tertiary/aromatic N) is 2. The number of fused-ring (bicyclic) bond motifs is 1. The number of pyridine rings is 1. The largest absolute Gasteiger partial charge is 0.383 e. The van der Waals surface area contributed by atoms with Crippen LogP contribution >= 0.6 is 23.2 Å². The van der Waals surface area contributed by atoms with Crippen LogP contribution in [0.3, 0.4) is 0 Å². The molecule has 0 saturated carbocycles. The maximum atomic E-state index is 6.56. The van der Waals surface area contributed by atoms with E-state index >= 15 is 0 Å². The van der Waals surface area contributed by atoms with Crippen molar-refractivity contribution in [1.29, 1.82) is 0 Å². The van der Waals surface area contributed by atoms with Crippen molar-refractivity contribution in [3.63, 3.8) is 0 Å². The molecule has 0 unspecified atom stereocenters. The maximum absolute atomic E-state index is 6.56. The first-order chi connectivity index (χ1) is 14.0.